The molecule has 1 amide bonds. The van der Waals surface area contributed by atoms with Crippen LogP contribution in [-0.2, 0) is 4.79 Å². The molecule has 0 aliphatic carbocycles. The molecule has 0 bridgehead atoms. The third-order valence-corrected chi connectivity index (χ3v) is 2.83. The Morgan fingerprint density at radius 1 is 1.50 bits per heavy atom. The van der Waals surface area contributed by atoms with Crippen LogP contribution in [0.15, 0.2) is 27.8 Å². The highest BCUT2D eigenvalue weighted by Crippen LogP contribution is 2.13. The minimum atomic E-state index is -0.245. The minimum Gasteiger partial charge on any atom is -0.307 e. The third kappa shape index (κ3) is 2.29. The molecule has 2 heterocycles. The van der Waals surface area contributed by atoms with E-state index < -0.39 is 0 Å². The molecule has 1 aromatic heterocycles. The summed E-state index contributed by atoms with van der Waals surface area (Å²) in [6.07, 6.45) is 3.42. The highest BCUT2D eigenvalue weighted by Gasteiger charge is 2.26. The highest BCUT2D eigenvalue weighted by molar-refractivity contribution is 9.10. The van der Waals surface area contributed by atoms with Crippen LogP contribution in [0.2, 0.25) is 0 Å². The standard InChI is InChI=1S/C11H12BrN3O/c1-2-3-9-11(16)15-10(14-9)8-5-4-7(12)6-13-8/h4-6,9H,2-3H2,1H3,(H,14,15,16). The number of carbonyl (C=O) groups excluding carboxylic acids is 1. The van der Waals surface area contributed by atoms with Crippen molar-refractivity contribution in [3.8, 4) is 0 Å². The predicted octanol–water partition coefficient (Wildman–Crippen LogP) is 1.89. The molecule has 1 N–H and O–H groups in total. The average Bonchev–Trinajstić information content (AvgIpc) is 2.62. The number of pyridine rings is 1. The van der Waals surface area contributed by atoms with Gasteiger partial charge < -0.3 is 5.32 Å². The van der Waals surface area contributed by atoms with Gasteiger partial charge in [0.25, 0.3) is 0 Å². The number of aliphatic imine (C=N–C) groups is 1. The fraction of sp³-hybridized carbons (Fsp3) is 0.364. The van der Waals surface area contributed by atoms with Gasteiger partial charge in [0.15, 0.2) is 5.84 Å². The number of carbonyl (C=O) groups is 1. The number of rotatable bonds is 3. The van der Waals surface area contributed by atoms with Crippen LogP contribution >= 0.6 is 15.9 Å². The Morgan fingerprint density at radius 2 is 2.31 bits per heavy atom. The molecular formula is C11H12BrN3O. The van der Waals surface area contributed by atoms with E-state index in [4.69, 9.17) is 0 Å². The van der Waals surface area contributed by atoms with E-state index in [9.17, 15) is 4.79 Å². The van der Waals surface area contributed by atoms with Crippen LogP contribution in [0.5, 0.6) is 0 Å². The predicted molar refractivity (Wildman–Crippen MR) is 65.3 cm³/mol. The maximum absolute atomic E-state index is 11.6. The lowest BCUT2D eigenvalue weighted by Crippen LogP contribution is -2.29. The number of halogens is 1. The van der Waals surface area contributed by atoms with Crippen LogP contribution < -0.4 is 5.32 Å². The summed E-state index contributed by atoms with van der Waals surface area (Å²) in [4.78, 5) is 20.1. The Hall–Kier alpha value is -1.23. The van der Waals surface area contributed by atoms with Crippen molar-refractivity contribution in [3.05, 3.63) is 28.5 Å². The fourth-order valence-corrected chi connectivity index (χ4v) is 1.80. The van der Waals surface area contributed by atoms with Gasteiger partial charge in [0.05, 0.1) is 0 Å². The van der Waals surface area contributed by atoms with Crippen LogP contribution in [0.4, 0.5) is 0 Å². The molecule has 0 saturated heterocycles. The zero-order chi connectivity index (χ0) is 11.5. The van der Waals surface area contributed by atoms with E-state index in [0.717, 1.165) is 17.3 Å². The van der Waals surface area contributed by atoms with Gasteiger partial charge in [-0.05, 0) is 34.5 Å². The van der Waals surface area contributed by atoms with Crippen molar-refractivity contribution >= 4 is 27.7 Å². The van der Waals surface area contributed by atoms with Gasteiger partial charge in [-0.1, -0.05) is 13.3 Å². The second kappa shape index (κ2) is 4.74. The Labute approximate surface area is 102 Å². The van der Waals surface area contributed by atoms with Gasteiger partial charge in [-0.2, -0.15) is 0 Å². The Bertz CT molecular complexity index is 427. The first-order chi connectivity index (χ1) is 7.70. The molecular weight excluding hydrogens is 270 g/mol. The zero-order valence-electron chi connectivity index (χ0n) is 8.90. The maximum atomic E-state index is 11.6. The van der Waals surface area contributed by atoms with Crippen molar-refractivity contribution in [3.63, 3.8) is 0 Å². The summed E-state index contributed by atoms with van der Waals surface area (Å²) in [6.45, 7) is 2.04. The fourth-order valence-electron chi connectivity index (χ4n) is 1.56. The van der Waals surface area contributed by atoms with Gasteiger partial charge >= 0.3 is 0 Å². The molecule has 84 valence electrons. The normalized spacial score (nSPS) is 19.5. The van der Waals surface area contributed by atoms with E-state index in [-0.39, 0.29) is 11.9 Å². The summed E-state index contributed by atoms with van der Waals surface area (Å²) in [5.74, 6) is 0.553. The van der Waals surface area contributed by atoms with E-state index >= 15 is 0 Å². The summed E-state index contributed by atoms with van der Waals surface area (Å²) < 4.78 is 0.909. The summed E-state index contributed by atoms with van der Waals surface area (Å²) in [7, 11) is 0. The summed E-state index contributed by atoms with van der Waals surface area (Å²) in [6, 6.07) is 3.47. The van der Waals surface area contributed by atoms with E-state index in [2.05, 4.69) is 31.2 Å². The highest BCUT2D eigenvalue weighted by atomic mass is 79.9. The van der Waals surface area contributed by atoms with Crippen LogP contribution in [0.1, 0.15) is 25.5 Å². The molecule has 1 aromatic rings. The van der Waals surface area contributed by atoms with Crippen LogP contribution in [0, 0.1) is 0 Å². The van der Waals surface area contributed by atoms with Crippen LogP contribution in [0.3, 0.4) is 0 Å². The molecule has 1 aliphatic rings. The zero-order valence-corrected chi connectivity index (χ0v) is 10.5. The lowest BCUT2D eigenvalue weighted by molar-refractivity contribution is -0.120. The lowest BCUT2D eigenvalue weighted by Gasteiger charge is -1.99. The molecule has 2 rings (SSSR count). The van der Waals surface area contributed by atoms with Crippen molar-refractivity contribution in [2.45, 2.75) is 25.8 Å². The molecule has 0 aromatic carbocycles. The number of aromatic nitrogens is 1. The molecule has 16 heavy (non-hydrogen) atoms. The van der Waals surface area contributed by atoms with Crippen molar-refractivity contribution in [1.82, 2.24) is 10.3 Å². The summed E-state index contributed by atoms with van der Waals surface area (Å²) in [5, 5.41) is 2.76. The van der Waals surface area contributed by atoms with Gasteiger partial charge in [0.1, 0.15) is 11.7 Å². The first kappa shape index (κ1) is 11.3. The third-order valence-electron chi connectivity index (χ3n) is 2.36. The lowest BCUT2D eigenvalue weighted by atomic mass is 10.2. The molecule has 1 unspecified atom stereocenters. The number of hydrogen-bond donors (Lipinski definition) is 1. The van der Waals surface area contributed by atoms with Crippen molar-refractivity contribution in [2.75, 3.05) is 0 Å². The van der Waals surface area contributed by atoms with E-state index in [1.807, 2.05) is 19.1 Å². The van der Waals surface area contributed by atoms with E-state index in [1.165, 1.54) is 0 Å². The monoisotopic (exact) mass is 281 g/mol. The first-order valence-electron chi connectivity index (χ1n) is 5.21. The number of amides is 1. The molecule has 0 radical (unpaired) electrons. The number of amidine groups is 1. The molecule has 0 spiro atoms. The number of nitrogens with one attached hydrogen (secondary N) is 1. The molecule has 1 atom stereocenters. The maximum Gasteiger partial charge on any atom is 0.250 e. The van der Waals surface area contributed by atoms with Crippen LogP contribution in [-0.4, -0.2) is 22.8 Å². The Balaban J connectivity index is 2.20. The molecule has 0 saturated carbocycles. The van der Waals surface area contributed by atoms with Crippen molar-refractivity contribution in [2.24, 2.45) is 4.99 Å². The van der Waals surface area contributed by atoms with Gasteiger partial charge in [0, 0.05) is 10.7 Å². The van der Waals surface area contributed by atoms with Gasteiger partial charge in [0.2, 0.25) is 5.91 Å². The largest absolute Gasteiger partial charge is 0.307 e. The Morgan fingerprint density at radius 3 is 2.94 bits per heavy atom. The molecule has 0 fully saturated rings. The van der Waals surface area contributed by atoms with Crippen molar-refractivity contribution < 1.29 is 4.79 Å². The van der Waals surface area contributed by atoms with E-state index in [0.29, 0.717) is 11.5 Å². The number of nitrogens with zero attached hydrogens (tertiary/aromatic N) is 2. The van der Waals surface area contributed by atoms with Crippen molar-refractivity contribution in [1.29, 1.82) is 0 Å². The quantitative estimate of drug-likeness (QED) is 0.920. The summed E-state index contributed by atoms with van der Waals surface area (Å²) in [5.41, 5.74) is 0.704. The second-order valence-electron chi connectivity index (χ2n) is 3.63. The van der Waals surface area contributed by atoms with E-state index in [1.54, 1.807) is 6.20 Å². The van der Waals surface area contributed by atoms with Gasteiger partial charge in [-0.3, -0.25) is 14.8 Å². The van der Waals surface area contributed by atoms with Gasteiger partial charge in [-0.15, -0.1) is 0 Å². The summed E-state index contributed by atoms with van der Waals surface area (Å²) >= 11 is 3.31. The second-order valence-corrected chi connectivity index (χ2v) is 4.55. The smallest absolute Gasteiger partial charge is 0.250 e. The SMILES string of the molecule is CCCC1N=C(c2ccc(Br)cn2)NC1=O. The molecule has 4 nitrogen and oxygen atoms in total. The first-order valence-corrected chi connectivity index (χ1v) is 6.00. The number of hydrogen-bond acceptors (Lipinski definition) is 3. The van der Waals surface area contributed by atoms with Crippen LogP contribution in [0.25, 0.3) is 0 Å². The average molecular weight is 282 g/mol. The van der Waals surface area contributed by atoms with Gasteiger partial charge in [-0.25, -0.2) is 0 Å². The minimum absolute atomic E-state index is 0.0263. The molecule has 5 heteroatoms. The molecule has 1 aliphatic heterocycles. The Kier molecular flexibility index (Phi) is 3.33. The topological polar surface area (TPSA) is 54.4 Å².